The van der Waals surface area contributed by atoms with Crippen molar-refractivity contribution in [3.63, 3.8) is 0 Å². The fourth-order valence-electron chi connectivity index (χ4n) is 3.24. The number of hydrogen-bond acceptors (Lipinski definition) is 4. The quantitative estimate of drug-likeness (QED) is 0.692. The van der Waals surface area contributed by atoms with Crippen LogP contribution in [0.3, 0.4) is 0 Å². The molecule has 1 heterocycles. The lowest BCUT2D eigenvalue weighted by Crippen LogP contribution is -2.41. The number of halogens is 1. The third kappa shape index (κ3) is 4.15. The van der Waals surface area contributed by atoms with E-state index in [2.05, 4.69) is 15.9 Å². The first-order valence-corrected chi connectivity index (χ1v) is 11.2. The fraction of sp³-hybridized carbons (Fsp3) is 0.350. The molecule has 3 rings (SSSR count). The van der Waals surface area contributed by atoms with Gasteiger partial charge in [0.25, 0.3) is 5.91 Å². The second-order valence-electron chi connectivity index (χ2n) is 6.79. The van der Waals surface area contributed by atoms with Gasteiger partial charge in [-0.05, 0) is 55.3 Å². The van der Waals surface area contributed by atoms with Crippen molar-refractivity contribution < 1.29 is 17.9 Å². The lowest BCUT2D eigenvalue weighted by molar-refractivity contribution is 0.0730. The molecule has 0 atom stereocenters. The van der Waals surface area contributed by atoms with Gasteiger partial charge in [0.1, 0.15) is 0 Å². The lowest BCUT2D eigenvalue weighted by Gasteiger charge is -2.27. The Balaban J connectivity index is 1.95. The number of anilines is 1. The Hall–Kier alpha value is -1.74. The van der Waals surface area contributed by atoms with Crippen molar-refractivity contribution in [3.8, 4) is 0 Å². The van der Waals surface area contributed by atoms with Crippen LogP contribution in [-0.4, -0.2) is 52.0 Å². The summed E-state index contributed by atoms with van der Waals surface area (Å²) >= 11 is 3.42. The van der Waals surface area contributed by atoms with E-state index in [9.17, 15) is 13.2 Å². The minimum Gasteiger partial charge on any atom is -0.379 e. The van der Waals surface area contributed by atoms with Gasteiger partial charge in [-0.25, -0.2) is 8.42 Å². The average molecular weight is 467 g/mol. The van der Waals surface area contributed by atoms with Gasteiger partial charge in [-0.3, -0.25) is 4.79 Å². The van der Waals surface area contributed by atoms with Gasteiger partial charge in [0.05, 0.1) is 18.1 Å². The average Bonchev–Trinajstić information content (AvgIpc) is 2.68. The van der Waals surface area contributed by atoms with E-state index >= 15 is 0 Å². The van der Waals surface area contributed by atoms with Gasteiger partial charge in [-0.2, -0.15) is 4.31 Å². The van der Waals surface area contributed by atoms with E-state index in [1.165, 1.54) is 15.3 Å². The van der Waals surface area contributed by atoms with Crippen molar-refractivity contribution >= 4 is 37.5 Å². The number of benzene rings is 2. The molecule has 0 aliphatic carbocycles. The van der Waals surface area contributed by atoms with Crippen LogP contribution in [0.5, 0.6) is 0 Å². The first kappa shape index (κ1) is 21.0. The summed E-state index contributed by atoms with van der Waals surface area (Å²) in [5.74, 6) is -0.260. The number of carbonyl (C=O) groups excluding carboxylic acids is 1. The van der Waals surface area contributed by atoms with Gasteiger partial charge < -0.3 is 9.64 Å². The summed E-state index contributed by atoms with van der Waals surface area (Å²) in [5.41, 5.74) is 2.66. The first-order valence-electron chi connectivity index (χ1n) is 8.94. The van der Waals surface area contributed by atoms with E-state index in [-0.39, 0.29) is 10.8 Å². The summed E-state index contributed by atoms with van der Waals surface area (Å²) in [6.07, 6.45) is 0. The van der Waals surface area contributed by atoms with Crippen LogP contribution in [0.1, 0.15) is 21.5 Å². The van der Waals surface area contributed by atoms with Crippen molar-refractivity contribution in [1.82, 2.24) is 4.31 Å². The van der Waals surface area contributed by atoms with Crippen molar-refractivity contribution in [2.75, 3.05) is 38.3 Å². The standard InChI is InChI=1S/C20H23BrN2O4S/c1-14-4-5-16(13-19(14)28(25,26)23-8-10-27-11-9-23)20(24)22(3)18-7-6-17(21)12-15(18)2/h4-7,12-13H,8-11H2,1-3H3. The summed E-state index contributed by atoms with van der Waals surface area (Å²) < 4.78 is 33.7. The van der Waals surface area contributed by atoms with Crippen molar-refractivity contribution in [2.24, 2.45) is 0 Å². The molecule has 28 heavy (non-hydrogen) atoms. The van der Waals surface area contributed by atoms with E-state index in [1.807, 2.05) is 25.1 Å². The highest BCUT2D eigenvalue weighted by Crippen LogP contribution is 2.26. The highest BCUT2D eigenvalue weighted by atomic mass is 79.9. The fourth-order valence-corrected chi connectivity index (χ4v) is 5.37. The number of carbonyl (C=O) groups is 1. The monoisotopic (exact) mass is 466 g/mol. The van der Waals surface area contributed by atoms with Gasteiger partial charge in [0, 0.05) is 35.9 Å². The molecule has 1 fully saturated rings. The van der Waals surface area contributed by atoms with Gasteiger partial charge in [-0.15, -0.1) is 0 Å². The predicted octanol–water partition coefficient (Wildman–Crippen LogP) is 3.36. The van der Waals surface area contributed by atoms with Crippen molar-refractivity contribution in [2.45, 2.75) is 18.7 Å². The van der Waals surface area contributed by atoms with E-state index in [1.54, 1.807) is 26.1 Å². The number of ether oxygens (including phenoxy) is 1. The van der Waals surface area contributed by atoms with Crippen LogP contribution in [0.2, 0.25) is 0 Å². The number of morpholine rings is 1. The van der Waals surface area contributed by atoms with Gasteiger partial charge >= 0.3 is 0 Å². The molecule has 0 N–H and O–H groups in total. The molecule has 0 bridgehead atoms. The Bertz CT molecular complexity index is 1000. The third-order valence-electron chi connectivity index (χ3n) is 4.85. The topological polar surface area (TPSA) is 66.9 Å². The van der Waals surface area contributed by atoms with E-state index in [0.29, 0.717) is 37.4 Å². The summed E-state index contributed by atoms with van der Waals surface area (Å²) in [5, 5.41) is 0. The van der Waals surface area contributed by atoms with E-state index in [4.69, 9.17) is 4.74 Å². The Morgan fingerprint density at radius 2 is 1.75 bits per heavy atom. The Morgan fingerprint density at radius 3 is 2.39 bits per heavy atom. The summed E-state index contributed by atoms with van der Waals surface area (Å²) in [6.45, 7) is 5.05. The molecule has 0 unspecified atom stereocenters. The van der Waals surface area contributed by atoms with Crippen LogP contribution in [-0.2, 0) is 14.8 Å². The largest absolute Gasteiger partial charge is 0.379 e. The molecule has 1 aliphatic rings. The highest BCUT2D eigenvalue weighted by Gasteiger charge is 2.29. The van der Waals surface area contributed by atoms with Gasteiger partial charge in [0.2, 0.25) is 10.0 Å². The zero-order valence-corrected chi connectivity index (χ0v) is 18.5. The van der Waals surface area contributed by atoms with E-state index in [0.717, 1.165) is 15.7 Å². The number of hydrogen-bond donors (Lipinski definition) is 0. The molecular formula is C20H23BrN2O4S. The van der Waals surface area contributed by atoms with Gasteiger partial charge in [-0.1, -0.05) is 22.0 Å². The Kier molecular flexibility index (Phi) is 6.24. The minimum absolute atomic E-state index is 0.168. The van der Waals surface area contributed by atoms with Crippen LogP contribution in [0.4, 0.5) is 5.69 Å². The second kappa shape index (κ2) is 8.32. The molecule has 0 spiro atoms. The molecule has 1 aliphatic heterocycles. The second-order valence-corrected chi connectivity index (χ2v) is 9.61. The van der Waals surface area contributed by atoms with Crippen LogP contribution in [0, 0.1) is 13.8 Å². The zero-order chi connectivity index (χ0) is 20.5. The number of amides is 1. The molecule has 1 saturated heterocycles. The lowest BCUT2D eigenvalue weighted by atomic mass is 10.1. The smallest absolute Gasteiger partial charge is 0.258 e. The summed E-state index contributed by atoms with van der Waals surface area (Å²) in [4.78, 5) is 14.7. The maximum absolute atomic E-state index is 13.1. The number of aryl methyl sites for hydroxylation is 2. The number of nitrogens with zero attached hydrogens (tertiary/aromatic N) is 2. The van der Waals surface area contributed by atoms with Crippen LogP contribution in [0.25, 0.3) is 0 Å². The molecule has 1 amide bonds. The SMILES string of the molecule is Cc1cc(Br)ccc1N(C)C(=O)c1ccc(C)c(S(=O)(=O)N2CCOCC2)c1. The van der Waals surface area contributed by atoms with Gasteiger partial charge in [0.15, 0.2) is 0 Å². The summed E-state index contributed by atoms with van der Waals surface area (Å²) in [7, 11) is -1.99. The molecule has 8 heteroatoms. The maximum Gasteiger partial charge on any atom is 0.258 e. The predicted molar refractivity (Wildman–Crippen MR) is 112 cm³/mol. The molecule has 0 aromatic heterocycles. The molecule has 0 radical (unpaired) electrons. The normalized spacial score (nSPS) is 15.4. The maximum atomic E-state index is 13.1. The number of sulfonamides is 1. The van der Waals surface area contributed by atoms with Crippen molar-refractivity contribution in [3.05, 3.63) is 57.6 Å². The van der Waals surface area contributed by atoms with Crippen LogP contribution < -0.4 is 4.90 Å². The van der Waals surface area contributed by atoms with Crippen LogP contribution in [0.15, 0.2) is 45.8 Å². The Morgan fingerprint density at radius 1 is 1.07 bits per heavy atom. The minimum atomic E-state index is -3.68. The molecule has 6 nitrogen and oxygen atoms in total. The van der Waals surface area contributed by atoms with Crippen LogP contribution >= 0.6 is 15.9 Å². The molecule has 150 valence electrons. The summed E-state index contributed by atoms with van der Waals surface area (Å²) in [6, 6.07) is 10.5. The number of rotatable bonds is 4. The zero-order valence-electron chi connectivity index (χ0n) is 16.1. The van der Waals surface area contributed by atoms with Crippen molar-refractivity contribution in [1.29, 1.82) is 0 Å². The molecule has 0 saturated carbocycles. The molecular weight excluding hydrogens is 444 g/mol. The highest BCUT2D eigenvalue weighted by molar-refractivity contribution is 9.10. The van der Waals surface area contributed by atoms with E-state index < -0.39 is 10.0 Å². The third-order valence-corrected chi connectivity index (χ3v) is 7.38. The Labute approximate surface area is 174 Å². The first-order chi connectivity index (χ1) is 13.2. The molecule has 2 aromatic rings. The molecule has 2 aromatic carbocycles.